The molecule has 0 bridgehead atoms. The molecule has 1 saturated carbocycles. The average molecular weight is 508 g/mol. The van der Waals surface area contributed by atoms with Crippen LogP contribution in [-0.4, -0.2) is 58.1 Å². The minimum absolute atomic E-state index is 0.0620. The van der Waals surface area contributed by atoms with Crippen LogP contribution in [0.4, 0.5) is 10.5 Å². The van der Waals surface area contributed by atoms with Gasteiger partial charge in [0, 0.05) is 32.0 Å². The van der Waals surface area contributed by atoms with Gasteiger partial charge < -0.3 is 19.5 Å². The quantitative estimate of drug-likeness (QED) is 0.603. The number of allylic oxidation sites excluding steroid dienone is 1. The molecule has 9 heteroatoms. The van der Waals surface area contributed by atoms with Crippen molar-refractivity contribution in [3.05, 3.63) is 54.6 Å². The Hall–Kier alpha value is -3.62. The monoisotopic (exact) mass is 507 g/mol. The summed E-state index contributed by atoms with van der Waals surface area (Å²) in [7, 11) is 1.79. The van der Waals surface area contributed by atoms with Crippen LogP contribution >= 0.6 is 0 Å². The molecule has 37 heavy (non-hydrogen) atoms. The van der Waals surface area contributed by atoms with Crippen LogP contribution in [0.25, 0.3) is 5.69 Å². The molecular formula is C28H37N5O4. The first kappa shape index (κ1) is 26.4. The average Bonchev–Trinajstić information content (AvgIpc) is 3.55. The van der Waals surface area contributed by atoms with Gasteiger partial charge in [-0.15, -0.1) is 0 Å². The molecule has 1 aliphatic heterocycles. The van der Waals surface area contributed by atoms with Crippen molar-refractivity contribution in [3.8, 4) is 5.69 Å². The Morgan fingerprint density at radius 2 is 2.03 bits per heavy atom. The Kier molecular flexibility index (Phi) is 8.63. The van der Waals surface area contributed by atoms with E-state index in [9.17, 15) is 14.4 Å². The van der Waals surface area contributed by atoms with Crippen molar-refractivity contribution in [1.29, 1.82) is 0 Å². The predicted molar refractivity (Wildman–Crippen MR) is 141 cm³/mol. The van der Waals surface area contributed by atoms with E-state index in [-0.39, 0.29) is 17.9 Å². The maximum atomic E-state index is 13.3. The van der Waals surface area contributed by atoms with E-state index in [1.165, 1.54) is 0 Å². The first-order valence-electron chi connectivity index (χ1n) is 13.1. The number of aromatic nitrogens is 2. The van der Waals surface area contributed by atoms with E-state index >= 15 is 0 Å². The summed E-state index contributed by atoms with van der Waals surface area (Å²) < 4.78 is 7.59. The van der Waals surface area contributed by atoms with Crippen LogP contribution in [0.1, 0.15) is 51.0 Å². The zero-order valence-corrected chi connectivity index (χ0v) is 21.9. The number of aryl methyl sites for hydroxylation is 1. The van der Waals surface area contributed by atoms with Crippen LogP contribution < -0.4 is 10.6 Å². The fraction of sp³-hybridized carbons (Fsp3) is 0.500. The number of carbonyl (C=O) groups is 3. The number of hydrogen-bond donors (Lipinski definition) is 2. The van der Waals surface area contributed by atoms with Gasteiger partial charge in [-0.2, -0.15) is 0 Å². The molecule has 2 aliphatic rings. The van der Waals surface area contributed by atoms with Crippen LogP contribution in [0.5, 0.6) is 0 Å². The zero-order chi connectivity index (χ0) is 26.4. The highest BCUT2D eigenvalue weighted by atomic mass is 16.6. The number of anilines is 1. The summed E-state index contributed by atoms with van der Waals surface area (Å²) in [6, 6.07) is 5.65. The van der Waals surface area contributed by atoms with Gasteiger partial charge in [0.2, 0.25) is 11.8 Å². The number of amides is 3. The van der Waals surface area contributed by atoms with Gasteiger partial charge in [0.05, 0.1) is 29.5 Å². The zero-order valence-electron chi connectivity index (χ0n) is 21.9. The molecule has 1 aromatic carbocycles. The fourth-order valence-electron chi connectivity index (χ4n) is 5.16. The fourth-order valence-corrected chi connectivity index (χ4v) is 5.16. The summed E-state index contributed by atoms with van der Waals surface area (Å²) in [5.74, 6) is -1.29. The number of imidazole rings is 1. The molecule has 3 amide bonds. The van der Waals surface area contributed by atoms with E-state index in [4.69, 9.17) is 4.74 Å². The van der Waals surface area contributed by atoms with Gasteiger partial charge in [-0.25, -0.2) is 9.78 Å². The number of hydrogen-bond acceptors (Lipinski definition) is 5. The summed E-state index contributed by atoms with van der Waals surface area (Å²) in [4.78, 5) is 45.3. The lowest BCUT2D eigenvalue weighted by molar-refractivity contribution is -0.140. The minimum Gasteiger partial charge on any atom is -0.446 e. The summed E-state index contributed by atoms with van der Waals surface area (Å²) in [5, 5.41) is 5.94. The normalized spacial score (nSPS) is 25.8. The van der Waals surface area contributed by atoms with Gasteiger partial charge in [0.1, 0.15) is 6.10 Å². The number of fused-ring (bicyclic) bond motifs is 1. The van der Waals surface area contributed by atoms with Gasteiger partial charge in [-0.3, -0.25) is 14.9 Å². The molecule has 198 valence electrons. The molecule has 2 aromatic rings. The largest absolute Gasteiger partial charge is 0.446 e. The highest BCUT2D eigenvalue weighted by molar-refractivity contribution is 5.90. The number of carbonyl (C=O) groups excluding carboxylic acids is 3. The minimum atomic E-state index is -0.610. The molecule has 1 aromatic heterocycles. The van der Waals surface area contributed by atoms with E-state index in [1.54, 1.807) is 30.7 Å². The van der Waals surface area contributed by atoms with Gasteiger partial charge in [0.15, 0.2) is 0 Å². The number of nitrogens with zero attached hydrogens (tertiary/aromatic N) is 3. The van der Waals surface area contributed by atoms with Gasteiger partial charge in [-0.1, -0.05) is 25.1 Å². The maximum Gasteiger partial charge on any atom is 0.411 e. The molecule has 9 nitrogen and oxygen atoms in total. The van der Waals surface area contributed by atoms with E-state index in [0.29, 0.717) is 25.1 Å². The van der Waals surface area contributed by atoms with E-state index in [0.717, 1.165) is 36.9 Å². The topological polar surface area (TPSA) is 106 Å². The van der Waals surface area contributed by atoms with Crippen molar-refractivity contribution in [1.82, 2.24) is 19.8 Å². The van der Waals surface area contributed by atoms with Crippen LogP contribution in [0.3, 0.4) is 0 Å². The van der Waals surface area contributed by atoms with Gasteiger partial charge in [-0.05, 0) is 63.1 Å². The molecule has 0 spiro atoms. The molecule has 1 fully saturated rings. The second-order valence-corrected chi connectivity index (χ2v) is 10.0. The SMILES string of the molecule is CCC1/C=C\CCCCN(C)C(=O)[C@@H]2C[C@H](OC(=O)Nc3cc(C)ccc3-n3ccnc3)C[C@H]2C(=O)N1. The lowest BCUT2D eigenvalue weighted by Crippen LogP contribution is -2.43. The Bertz CT molecular complexity index is 1130. The molecule has 1 aliphatic carbocycles. The molecule has 4 rings (SSSR count). The van der Waals surface area contributed by atoms with Crippen LogP contribution in [0, 0.1) is 18.8 Å². The second kappa shape index (κ2) is 12.1. The second-order valence-electron chi connectivity index (χ2n) is 10.0. The number of rotatable bonds is 4. The molecular weight excluding hydrogens is 470 g/mol. The summed E-state index contributed by atoms with van der Waals surface area (Å²) in [6.45, 7) is 4.61. The van der Waals surface area contributed by atoms with E-state index in [2.05, 4.69) is 21.7 Å². The lowest BCUT2D eigenvalue weighted by atomic mass is 9.93. The summed E-state index contributed by atoms with van der Waals surface area (Å²) >= 11 is 0. The van der Waals surface area contributed by atoms with Crippen molar-refractivity contribution in [3.63, 3.8) is 0 Å². The Balaban J connectivity index is 1.48. The van der Waals surface area contributed by atoms with Gasteiger partial charge >= 0.3 is 6.09 Å². The van der Waals surface area contributed by atoms with Crippen LogP contribution in [0.2, 0.25) is 0 Å². The summed E-state index contributed by atoms with van der Waals surface area (Å²) in [6.07, 6.45) is 12.4. The lowest BCUT2D eigenvalue weighted by Gasteiger charge is -2.25. The smallest absolute Gasteiger partial charge is 0.411 e. The first-order valence-corrected chi connectivity index (χ1v) is 13.1. The first-order chi connectivity index (χ1) is 17.9. The van der Waals surface area contributed by atoms with Crippen LogP contribution in [0.15, 0.2) is 49.1 Å². The van der Waals surface area contributed by atoms with Crippen molar-refractivity contribution < 1.29 is 19.1 Å². The van der Waals surface area contributed by atoms with Crippen molar-refractivity contribution in [2.24, 2.45) is 11.8 Å². The number of nitrogens with one attached hydrogen (secondary N) is 2. The number of ether oxygens (including phenoxy) is 1. The van der Waals surface area contributed by atoms with Crippen LogP contribution in [-0.2, 0) is 14.3 Å². The van der Waals surface area contributed by atoms with E-state index < -0.39 is 24.0 Å². The van der Waals surface area contributed by atoms with E-state index in [1.807, 2.05) is 42.7 Å². The van der Waals surface area contributed by atoms with Gasteiger partial charge in [0.25, 0.3) is 0 Å². The Labute approximate surface area is 218 Å². The molecule has 0 radical (unpaired) electrons. The molecule has 2 heterocycles. The maximum absolute atomic E-state index is 13.3. The highest BCUT2D eigenvalue weighted by Gasteiger charge is 2.45. The number of benzene rings is 1. The Morgan fingerprint density at radius 1 is 1.22 bits per heavy atom. The summed E-state index contributed by atoms with van der Waals surface area (Å²) in [5.41, 5.74) is 2.34. The highest BCUT2D eigenvalue weighted by Crippen LogP contribution is 2.36. The van der Waals surface area contributed by atoms with Crippen molar-refractivity contribution in [2.45, 2.75) is 64.5 Å². The Morgan fingerprint density at radius 3 is 2.78 bits per heavy atom. The third-order valence-electron chi connectivity index (χ3n) is 7.24. The molecule has 0 saturated heterocycles. The van der Waals surface area contributed by atoms with Crippen molar-refractivity contribution in [2.75, 3.05) is 18.9 Å². The standard InChI is InChI=1S/C28H37N5O4/c1-4-20-9-7-5-6-8-13-32(3)27(35)23-17-21(16-22(23)26(34)30-20)37-28(36)31-24-15-19(2)10-11-25(24)33-14-12-29-18-33/h7,9-12,14-15,18,20-23H,4-6,8,13,16-17H2,1-3H3,(H,30,34)(H,31,36)/b9-7-/t20?,21-,22-,23-/m1/s1. The molecule has 4 atom stereocenters. The molecule has 2 N–H and O–H groups in total. The third kappa shape index (κ3) is 6.58. The van der Waals surface area contributed by atoms with Crippen molar-refractivity contribution >= 4 is 23.6 Å². The molecule has 1 unspecified atom stereocenters. The predicted octanol–water partition coefficient (Wildman–Crippen LogP) is 4.22. The third-order valence-corrected chi connectivity index (χ3v) is 7.24.